The molecule has 3 amide bonds. The van der Waals surface area contributed by atoms with Crippen molar-refractivity contribution in [3.05, 3.63) is 51.1 Å². The van der Waals surface area contributed by atoms with Crippen LogP contribution < -0.4 is 14.8 Å². The summed E-state index contributed by atoms with van der Waals surface area (Å²) in [4.78, 5) is 39.1. The highest BCUT2D eigenvalue weighted by Gasteiger charge is 2.34. The number of thiophene rings is 1. The lowest BCUT2D eigenvalue weighted by atomic mass is 10.2. The standard InChI is InChI=1S/C19H16N2O5S2/c22-17(10-13-2-1-7-27-13)20-5-6-21-18(23)16(28-19(21)24)9-12-3-4-14-15(8-12)26-11-25-14/h1-4,7-9H,5-6,10-11H2,(H,20,22). The fourth-order valence-electron chi connectivity index (χ4n) is 2.79. The molecule has 1 fully saturated rings. The van der Waals surface area contributed by atoms with Gasteiger partial charge in [-0.3, -0.25) is 19.3 Å². The topological polar surface area (TPSA) is 84.9 Å². The number of nitrogens with zero attached hydrogens (tertiary/aromatic N) is 1. The molecule has 1 saturated heterocycles. The molecule has 0 atom stereocenters. The Labute approximate surface area is 169 Å². The molecule has 9 heteroatoms. The van der Waals surface area contributed by atoms with Crippen LogP contribution in [-0.4, -0.2) is 41.8 Å². The van der Waals surface area contributed by atoms with Gasteiger partial charge in [-0.2, -0.15) is 0 Å². The average Bonchev–Trinajstić information content (AvgIpc) is 3.39. The summed E-state index contributed by atoms with van der Waals surface area (Å²) in [6, 6.07) is 9.11. The van der Waals surface area contributed by atoms with E-state index in [0.29, 0.717) is 22.8 Å². The molecule has 0 bridgehead atoms. The molecule has 0 radical (unpaired) electrons. The second kappa shape index (κ2) is 8.07. The maximum Gasteiger partial charge on any atom is 0.293 e. The predicted molar refractivity (Wildman–Crippen MR) is 106 cm³/mol. The zero-order chi connectivity index (χ0) is 19.5. The van der Waals surface area contributed by atoms with E-state index < -0.39 is 0 Å². The van der Waals surface area contributed by atoms with Crippen molar-refractivity contribution < 1.29 is 23.9 Å². The van der Waals surface area contributed by atoms with Crippen molar-refractivity contribution in [2.45, 2.75) is 6.42 Å². The van der Waals surface area contributed by atoms with Crippen molar-refractivity contribution in [2.75, 3.05) is 19.9 Å². The number of benzene rings is 1. The summed E-state index contributed by atoms with van der Waals surface area (Å²) in [5.74, 6) is 0.774. The molecule has 2 aliphatic heterocycles. The van der Waals surface area contributed by atoms with Gasteiger partial charge < -0.3 is 14.8 Å². The number of nitrogens with one attached hydrogen (secondary N) is 1. The van der Waals surface area contributed by atoms with Crippen LogP contribution in [0.1, 0.15) is 10.4 Å². The van der Waals surface area contributed by atoms with Gasteiger partial charge in [-0.05, 0) is 47.0 Å². The molecule has 0 spiro atoms. The van der Waals surface area contributed by atoms with E-state index in [9.17, 15) is 14.4 Å². The van der Waals surface area contributed by atoms with Gasteiger partial charge in [0.25, 0.3) is 11.1 Å². The quantitative estimate of drug-likeness (QED) is 0.729. The number of hydrogen-bond donors (Lipinski definition) is 1. The summed E-state index contributed by atoms with van der Waals surface area (Å²) >= 11 is 2.40. The number of rotatable bonds is 6. The third kappa shape index (κ3) is 4.05. The Hall–Kier alpha value is -2.78. The minimum atomic E-state index is -0.361. The van der Waals surface area contributed by atoms with Crippen LogP contribution in [0.5, 0.6) is 11.5 Å². The summed E-state index contributed by atoms with van der Waals surface area (Å²) in [5, 5.41) is 4.31. The highest BCUT2D eigenvalue weighted by Crippen LogP contribution is 2.36. The lowest BCUT2D eigenvalue weighted by molar-refractivity contribution is -0.124. The van der Waals surface area contributed by atoms with Crippen LogP contribution >= 0.6 is 23.1 Å². The molecule has 0 aliphatic carbocycles. The van der Waals surface area contributed by atoms with E-state index in [1.54, 1.807) is 24.3 Å². The second-order valence-electron chi connectivity index (χ2n) is 6.05. The largest absolute Gasteiger partial charge is 0.454 e. The van der Waals surface area contributed by atoms with Crippen LogP contribution in [-0.2, 0) is 16.0 Å². The lowest BCUT2D eigenvalue weighted by Crippen LogP contribution is -2.37. The molecule has 1 aromatic heterocycles. The summed E-state index contributed by atoms with van der Waals surface area (Å²) in [5.41, 5.74) is 0.749. The monoisotopic (exact) mass is 416 g/mol. The van der Waals surface area contributed by atoms with Crippen LogP contribution in [0, 0.1) is 0 Å². The molecular formula is C19H16N2O5S2. The Morgan fingerprint density at radius 2 is 2.07 bits per heavy atom. The molecule has 2 aromatic rings. The SMILES string of the molecule is O=C(Cc1cccs1)NCCN1C(=O)SC(=Cc2ccc3c(c2)OCO3)C1=O. The van der Waals surface area contributed by atoms with Gasteiger partial charge in [0.15, 0.2) is 11.5 Å². The molecule has 1 N–H and O–H groups in total. The molecular weight excluding hydrogens is 400 g/mol. The molecule has 0 saturated carbocycles. The highest BCUT2D eigenvalue weighted by atomic mass is 32.2. The van der Waals surface area contributed by atoms with Gasteiger partial charge in [-0.15, -0.1) is 11.3 Å². The summed E-state index contributed by atoms with van der Waals surface area (Å²) < 4.78 is 10.6. The Balaban J connectivity index is 1.34. The van der Waals surface area contributed by atoms with Gasteiger partial charge in [0.05, 0.1) is 11.3 Å². The molecule has 1 aromatic carbocycles. The smallest absolute Gasteiger partial charge is 0.293 e. The molecule has 28 heavy (non-hydrogen) atoms. The van der Waals surface area contributed by atoms with Gasteiger partial charge in [-0.1, -0.05) is 12.1 Å². The number of thioether (sulfide) groups is 1. The van der Waals surface area contributed by atoms with Gasteiger partial charge >= 0.3 is 0 Å². The zero-order valence-corrected chi connectivity index (χ0v) is 16.3. The Kier molecular flexibility index (Phi) is 5.36. The van der Waals surface area contributed by atoms with E-state index in [1.807, 2.05) is 17.5 Å². The van der Waals surface area contributed by atoms with Crippen molar-refractivity contribution in [1.82, 2.24) is 10.2 Å². The lowest BCUT2D eigenvalue weighted by Gasteiger charge is -2.12. The van der Waals surface area contributed by atoms with Crippen LogP contribution in [0.4, 0.5) is 4.79 Å². The normalized spacial score (nSPS) is 16.9. The average molecular weight is 416 g/mol. The van der Waals surface area contributed by atoms with Crippen molar-refractivity contribution in [2.24, 2.45) is 0 Å². The van der Waals surface area contributed by atoms with Crippen molar-refractivity contribution in [3.8, 4) is 11.5 Å². The summed E-state index contributed by atoms with van der Waals surface area (Å²) in [6.07, 6.45) is 1.95. The first-order chi connectivity index (χ1) is 13.6. The molecule has 144 valence electrons. The molecule has 4 rings (SSSR count). The zero-order valence-electron chi connectivity index (χ0n) is 14.7. The Morgan fingerprint density at radius 3 is 2.89 bits per heavy atom. The van der Waals surface area contributed by atoms with Crippen LogP contribution in [0.15, 0.2) is 40.6 Å². The maximum atomic E-state index is 12.5. The maximum absolute atomic E-state index is 12.5. The van der Waals surface area contributed by atoms with E-state index in [0.717, 1.165) is 27.1 Å². The van der Waals surface area contributed by atoms with Crippen LogP contribution in [0.25, 0.3) is 6.08 Å². The summed E-state index contributed by atoms with van der Waals surface area (Å²) in [7, 11) is 0. The minimum absolute atomic E-state index is 0.134. The van der Waals surface area contributed by atoms with Crippen molar-refractivity contribution >= 4 is 46.2 Å². The van der Waals surface area contributed by atoms with E-state index in [1.165, 1.54) is 11.3 Å². The third-order valence-electron chi connectivity index (χ3n) is 4.14. The van der Waals surface area contributed by atoms with Gasteiger partial charge in [-0.25, -0.2) is 0 Å². The Morgan fingerprint density at radius 1 is 1.21 bits per heavy atom. The third-order valence-corrected chi connectivity index (χ3v) is 5.92. The number of hydrogen-bond acceptors (Lipinski definition) is 7. The van der Waals surface area contributed by atoms with E-state index in [2.05, 4.69) is 5.32 Å². The number of fused-ring (bicyclic) bond motifs is 1. The second-order valence-corrected chi connectivity index (χ2v) is 8.08. The molecule has 2 aliphatic rings. The molecule has 3 heterocycles. The van der Waals surface area contributed by atoms with E-state index in [4.69, 9.17) is 9.47 Å². The number of carbonyl (C=O) groups is 3. The number of ether oxygens (including phenoxy) is 2. The molecule has 7 nitrogen and oxygen atoms in total. The van der Waals surface area contributed by atoms with Gasteiger partial charge in [0, 0.05) is 18.0 Å². The number of carbonyl (C=O) groups excluding carboxylic acids is 3. The Bertz CT molecular complexity index is 955. The van der Waals surface area contributed by atoms with Gasteiger partial charge in [0.1, 0.15) is 0 Å². The van der Waals surface area contributed by atoms with Crippen LogP contribution in [0.3, 0.4) is 0 Å². The number of amides is 3. The van der Waals surface area contributed by atoms with Gasteiger partial charge in [0.2, 0.25) is 12.7 Å². The predicted octanol–water partition coefficient (Wildman–Crippen LogP) is 2.87. The summed E-state index contributed by atoms with van der Waals surface area (Å²) in [6.45, 7) is 0.534. The minimum Gasteiger partial charge on any atom is -0.454 e. The molecule has 0 unspecified atom stereocenters. The van der Waals surface area contributed by atoms with E-state index >= 15 is 0 Å². The van der Waals surface area contributed by atoms with Crippen molar-refractivity contribution in [3.63, 3.8) is 0 Å². The highest BCUT2D eigenvalue weighted by molar-refractivity contribution is 8.18. The fourth-order valence-corrected chi connectivity index (χ4v) is 4.36. The number of imide groups is 1. The van der Waals surface area contributed by atoms with Crippen molar-refractivity contribution in [1.29, 1.82) is 0 Å². The van der Waals surface area contributed by atoms with E-state index in [-0.39, 0.29) is 36.9 Å². The first-order valence-electron chi connectivity index (χ1n) is 8.54. The first-order valence-corrected chi connectivity index (χ1v) is 10.2. The first kappa shape index (κ1) is 18.6. The fraction of sp³-hybridized carbons (Fsp3) is 0.211. The van der Waals surface area contributed by atoms with Crippen LogP contribution in [0.2, 0.25) is 0 Å².